The van der Waals surface area contributed by atoms with Gasteiger partial charge >= 0.3 is 0 Å². The molecular formula is C13H16N4O2S3. The van der Waals surface area contributed by atoms with Crippen molar-refractivity contribution in [2.75, 3.05) is 13.7 Å². The number of thiocarbonyl (C=S) groups is 1. The van der Waals surface area contributed by atoms with Crippen LogP contribution in [0.2, 0.25) is 0 Å². The van der Waals surface area contributed by atoms with Crippen molar-refractivity contribution in [2.45, 2.75) is 13.0 Å². The van der Waals surface area contributed by atoms with E-state index in [-0.39, 0.29) is 11.9 Å². The molecule has 2 rings (SSSR count). The van der Waals surface area contributed by atoms with Gasteiger partial charge in [-0.25, -0.2) is 4.98 Å². The number of hydrogen-bond acceptors (Lipinski definition) is 6. The van der Waals surface area contributed by atoms with Crippen molar-refractivity contribution in [3.8, 4) is 10.6 Å². The highest BCUT2D eigenvalue weighted by Crippen LogP contribution is 2.25. The largest absolute Gasteiger partial charge is 0.383 e. The van der Waals surface area contributed by atoms with Crippen LogP contribution in [0.5, 0.6) is 0 Å². The van der Waals surface area contributed by atoms with E-state index in [2.05, 4.69) is 21.2 Å². The van der Waals surface area contributed by atoms with Crippen molar-refractivity contribution >= 4 is 45.9 Å². The molecule has 118 valence electrons. The Morgan fingerprint density at radius 3 is 2.95 bits per heavy atom. The summed E-state index contributed by atoms with van der Waals surface area (Å²) in [5, 5.41) is 9.81. The van der Waals surface area contributed by atoms with Gasteiger partial charge in [-0.3, -0.25) is 15.6 Å². The highest BCUT2D eigenvalue weighted by Gasteiger charge is 2.12. The van der Waals surface area contributed by atoms with E-state index < -0.39 is 0 Å². The zero-order valence-electron chi connectivity index (χ0n) is 12.1. The molecule has 22 heavy (non-hydrogen) atoms. The second-order valence-electron chi connectivity index (χ2n) is 4.46. The fourth-order valence-electron chi connectivity index (χ4n) is 1.63. The molecule has 6 nitrogen and oxygen atoms in total. The number of ether oxygens (including phenoxy) is 1. The van der Waals surface area contributed by atoms with Crippen LogP contribution in [0.1, 0.15) is 17.4 Å². The summed E-state index contributed by atoms with van der Waals surface area (Å²) in [5.41, 5.74) is 6.54. The summed E-state index contributed by atoms with van der Waals surface area (Å²) in [6.07, 6.45) is 0. The van der Waals surface area contributed by atoms with E-state index in [4.69, 9.17) is 17.0 Å². The molecule has 2 aromatic rings. The summed E-state index contributed by atoms with van der Waals surface area (Å²) in [6, 6.07) is 2.02. The topological polar surface area (TPSA) is 75.3 Å². The number of nitrogens with one attached hydrogen (secondary N) is 3. The quantitative estimate of drug-likeness (QED) is 0.562. The Balaban J connectivity index is 1.84. The van der Waals surface area contributed by atoms with E-state index in [1.165, 1.54) is 11.3 Å². The van der Waals surface area contributed by atoms with E-state index in [0.29, 0.717) is 17.4 Å². The summed E-state index contributed by atoms with van der Waals surface area (Å²) in [7, 11) is 1.61. The first-order chi connectivity index (χ1) is 10.6. The van der Waals surface area contributed by atoms with E-state index in [9.17, 15) is 4.79 Å². The lowest BCUT2D eigenvalue weighted by molar-refractivity contribution is 0.0939. The zero-order valence-corrected chi connectivity index (χ0v) is 14.5. The summed E-state index contributed by atoms with van der Waals surface area (Å²) in [5.74, 6) is -0.332. The molecule has 0 radical (unpaired) electrons. The minimum absolute atomic E-state index is 0.0476. The van der Waals surface area contributed by atoms with Gasteiger partial charge in [0.25, 0.3) is 5.91 Å². The van der Waals surface area contributed by atoms with E-state index >= 15 is 0 Å². The first kappa shape index (κ1) is 16.8. The average molecular weight is 356 g/mol. The number of thiophene rings is 1. The summed E-state index contributed by atoms with van der Waals surface area (Å²) >= 11 is 8.10. The van der Waals surface area contributed by atoms with Gasteiger partial charge in [0, 0.05) is 29.5 Å². The Morgan fingerprint density at radius 2 is 2.27 bits per heavy atom. The number of nitrogens with zero attached hydrogens (tertiary/aromatic N) is 1. The highest BCUT2D eigenvalue weighted by molar-refractivity contribution is 7.80. The molecule has 0 aliphatic heterocycles. The molecule has 0 spiro atoms. The molecule has 0 saturated heterocycles. The number of hydrogen-bond donors (Lipinski definition) is 3. The maximum atomic E-state index is 12.0. The molecule has 1 amide bonds. The van der Waals surface area contributed by atoms with Crippen LogP contribution in [-0.4, -0.2) is 35.8 Å². The second-order valence-corrected chi connectivity index (χ2v) is 6.51. The summed E-state index contributed by atoms with van der Waals surface area (Å²) in [6.45, 7) is 2.44. The fraction of sp³-hybridized carbons (Fsp3) is 0.308. The van der Waals surface area contributed by atoms with Crippen LogP contribution < -0.4 is 16.2 Å². The van der Waals surface area contributed by atoms with E-state index in [0.717, 1.165) is 10.6 Å². The molecule has 0 aliphatic carbocycles. The fourth-order valence-corrected chi connectivity index (χ4v) is 3.39. The lowest BCUT2D eigenvalue weighted by atomic mass is 10.3. The van der Waals surface area contributed by atoms with Gasteiger partial charge < -0.3 is 10.1 Å². The first-order valence-electron chi connectivity index (χ1n) is 6.44. The molecule has 1 atom stereocenters. The van der Waals surface area contributed by atoms with Crippen LogP contribution in [0.3, 0.4) is 0 Å². The molecule has 0 aromatic carbocycles. The number of methoxy groups -OCH3 is 1. The van der Waals surface area contributed by atoms with Gasteiger partial charge in [-0.2, -0.15) is 11.3 Å². The van der Waals surface area contributed by atoms with Crippen molar-refractivity contribution in [1.82, 2.24) is 21.2 Å². The number of thiazole rings is 1. The predicted octanol–water partition coefficient (Wildman–Crippen LogP) is 2.02. The van der Waals surface area contributed by atoms with Gasteiger partial charge in [-0.05, 0) is 30.6 Å². The number of hydrazine groups is 1. The smallest absolute Gasteiger partial charge is 0.289 e. The van der Waals surface area contributed by atoms with Crippen molar-refractivity contribution in [2.24, 2.45) is 0 Å². The van der Waals surface area contributed by atoms with Crippen LogP contribution in [-0.2, 0) is 4.74 Å². The third-order valence-electron chi connectivity index (χ3n) is 2.59. The maximum absolute atomic E-state index is 12.0. The SMILES string of the molecule is COC[C@H](C)NC(=S)NNC(=O)c1csc(-c2ccsc2)n1. The van der Waals surface area contributed by atoms with Gasteiger partial charge in [0.15, 0.2) is 5.11 Å². The number of amides is 1. The second kappa shape index (κ2) is 8.18. The van der Waals surface area contributed by atoms with Crippen molar-refractivity contribution in [3.05, 3.63) is 27.9 Å². The molecule has 0 saturated carbocycles. The lowest BCUT2D eigenvalue weighted by Gasteiger charge is -2.16. The third-order valence-corrected chi connectivity index (χ3v) is 4.38. The monoisotopic (exact) mass is 356 g/mol. The van der Waals surface area contributed by atoms with Gasteiger partial charge in [-0.1, -0.05) is 0 Å². The minimum atomic E-state index is -0.332. The molecule has 0 unspecified atom stereocenters. The molecule has 0 bridgehead atoms. The zero-order chi connectivity index (χ0) is 15.9. The van der Waals surface area contributed by atoms with Crippen LogP contribution in [0.4, 0.5) is 0 Å². The van der Waals surface area contributed by atoms with Gasteiger partial charge in [-0.15, -0.1) is 11.3 Å². The number of rotatable bonds is 5. The predicted molar refractivity (Wildman–Crippen MR) is 93.1 cm³/mol. The number of aromatic nitrogens is 1. The van der Waals surface area contributed by atoms with E-state index in [1.54, 1.807) is 23.8 Å². The molecule has 2 heterocycles. The lowest BCUT2D eigenvalue weighted by Crippen LogP contribution is -2.50. The summed E-state index contributed by atoms with van der Waals surface area (Å²) in [4.78, 5) is 16.3. The Bertz CT molecular complexity index is 627. The van der Waals surface area contributed by atoms with Crippen molar-refractivity contribution in [3.63, 3.8) is 0 Å². The number of carbonyl (C=O) groups excluding carboxylic acids is 1. The maximum Gasteiger partial charge on any atom is 0.289 e. The Morgan fingerprint density at radius 1 is 1.45 bits per heavy atom. The van der Waals surface area contributed by atoms with Crippen LogP contribution in [0, 0.1) is 0 Å². The molecule has 0 fully saturated rings. The average Bonchev–Trinajstić information content (AvgIpc) is 3.15. The van der Waals surface area contributed by atoms with Crippen molar-refractivity contribution in [1.29, 1.82) is 0 Å². The van der Waals surface area contributed by atoms with Gasteiger partial charge in [0.2, 0.25) is 0 Å². The summed E-state index contributed by atoms with van der Waals surface area (Å²) < 4.78 is 4.99. The van der Waals surface area contributed by atoms with Crippen LogP contribution in [0.15, 0.2) is 22.2 Å². The van der Waals surface area contributed by atoms with Crippen LogP contribution >= 0.6 is 34.9 Å². The molecule has 2 aromatic heterocycles. The normalized spacial score (nSPS) is 11.7. The van der Waals surface area contributed by atoms with Crippen LogP contribution in [0.25, 0.3) is 10.6 Å². The minimum Gasteiger partial charge on any atom is -0.383 e. The standard InChI is InChI=1S/C13H16N4O2S3/c1-8(5-19-2)14-13(20)17-16-11(18)10-7-22-12(15-10)9-3-4-21-6-9/h3-4,6-8H,5H2,1-2H3,(H,16,18)(H2,14,17,20)/t8-/m0/s1. The third kappa shape index (κ3) is 4.73. The molecule has 3 N–H and O–H groups in total. The highest BCUT2D eigenvalue weighted by atomic mass is 32.1. The Kier molecular flexibility index (Phi) is 6.25. The Labute approximate surface area is 141 Å². The first-order valence-corrected chi connectivity index (χ1v) is 8.67. The van der Waals surface area contributed by atoms with Gasteiger partial charge in [0.1, 0.15) is 10.7 Å². The van der Waals surface area contributed by atoms with Gasteiger partial charge in [0.05, 0.1) is 6.61 Å². The van der Waals surface area contributed by atoms with Crippen molar-refractivity contribution < 1.29 is 9.53 Å². The van der Waals surface area contributed by atoms with E-state index in [1.807, 2.05) is 23.8 Å². The number of carbonyl (C=O) groups is 1. The molecular weight excluding hydrogens is 340 g/mol. The Hall–Kier alpha value is -1.55. The molecule has 0 aliphatic rings. The molecule has 9 heteroatoms.